The molecular weight excluding hydrogens is 218 g/mol. The largest absolute Gasteiger partial charge is 0.396 e. The molecule has 0 bridgehead atoms. The van der Waals surface area contributed by atoms with Gasteiger partial charge in [0, 0.05) is 18.8 Å². The first-order valence-corrected chi connectivity index (χ1v) is 5.80. The molecule has 1 unspecified atom stereocenters. The van der Waals surface area contributed by atoms with Crippen molar-refractivity contribution in [3.63, 3.8) is 0 Å². The molecule has 1 amide bonds. The van der Waals surface area contributed by atoms with Crippen LogP contribution in [0.3, 0.4) is 0 Å². The summed E-state index contributed by atoms with van der Waals surface area (Å²) in [6, 6.07) is -0.00629. The van der Waals surface area contributed by atoms with Crippen LogP contribution in [0.15, 0.2) is 6.20 Å². The van der Waals surface area contributed by atoms with E-state index < -0.39 is 0 Å². The second-order valence-electron chi connectivity index (χ2n) is 4.01. The van der Waals surface area contributed by atoms with Gasteiger partial charge in [-0.1, -0.05) is 6.92 Å². The van der Waals surface area contributed by atoms with E-state index in [1.165, 1.54) is 0 Å². The molecule has 0 saturated heterocycles. The zero-order valence-corrected chi connectivity index (χ0v) is 10.5. The first-order valence-electron chi connectivity index (χ1n) is 5.80. The number of aliphatic hydroxyl groups excluding tert-OH is 1. The summed E-state index contributed by atoms with van der Waals surface area (Å²) in [6.45, 7) is 5.62. The highest BCUT2D eigenvalue weighted by molar-refractivity contribution is 5.95. The van der Waals surface area contributed by atoms with Gasteiger partial charge in [-0.2, -0.15) is 0 Å². The third-order valence-corrected chi connectivity index (χ3v) is 2.65. The summed E-state index contributed by atoms with van der Waals surface area (Å²) in [5.74, 6) is 0.476. The highest BCUT2D eigenvalue weighted by Gasteiger charge is 2.14. The second kappa shape index (κ2) is 6.30. The Kier molecular flexibility index (Phi) is 5.03. The van der Waals surface area contributed by atoms with Gasteiger partial charge < -0.3 is 10.4 Å². The molecule has 0 fully saturated rings. The van der Waals surface area contributed by atoms with E-state index in [4.69, 9.17) is 5.11 Å². The van der Waals surface area contributed by atoms with Crippen LogP contribution < -0.4 is 5.32 Å². The molecule has 0 saturated carbocycles. The number of nitrogens with one attached hydrogen (secondary N) is 1. The van der Waals surface area contributed by atoms with Crippen molar-refractivity contribution in [2.24, 2.45) is 0 Å². The van der Waals surface area contributed by atoms with E-state index in [9.17, 15) is 4.79 Å². The fourth-order valence-corrected chi connectivity index (χ4v) is 1.60. The normalized spacial score (nSPS) is 12.2. The number of hydrogen-bond donors (Lipinski definition) is 2. The Labute approximate surface area is 101 Å². The molecule has 1 atom stereocenters. The van der Waals surface area contributed by atoms with E-state index in [0.29, 0.717) is 23.5 Å². The number of carbonyl (C=O) groups excluding carboxylic acids is 1. The Hall–Kier alpha value is -1.49. The lowest BCUT2D eigenvalue weighted by Gasteiger charge is -2.16. The van der Waals surface area contributed by atoms with Gasteiger partial charge in [0.25, 0.3) is 5.91 Å². The van der Waals surface area contributed by atoms with Crippen molar-refractivity contribution in [3.05, 3.63) is 23.3 Å². The van der Waals surface area contributed by atoms with Gasteiger partial charge in [0.2, 0.25) is 0 Å². The molecule has 0 aliphatic carbocycles. The Morgan fingerprint density at radius 2 is 2.24 bits per heavy atom. The third kappa shape index (κ3) is 3.78. The Bertz CT molecular complexity index is 393. The lowest BCUT2D eigenvalue weighted by molar-refractivity contribution is 0.0927. The predicted molar refractivity (Wildman–Crippen MR) is 64.8 cm³/mol. The van der Waals surface area contributed by atoms with Crippen LogP contribution in [0.4, 0.5) is 0 Å². The maximum Gasteiger partial charge on any atom is 0.254 e. The summed E-state index contributed by atoms with van der Waals surface area (Å²) in [7, 11) is 0. The minimum Gasteiger partial charge on any atom is -0.396 e. The van der Waals surface area contributed by atoms with E-state index in [1.54, 1.807) is 20.0 Å². The molecule has 1 aromatic heterocycles. The molecule has 94 valence electrons. The number of aromatic nitrogens is 2. The number of rotatable bonds is 5. The molecule has 0 aliphatic heterocycles. The van der Waals surface area contributed by atoms with Gasteiger partial charge in [0.05, 0.1) is 11.3 Å². The van der Waals surface area contributed by atoms with E-state index in [-0.39, 0.29) is 18.6 Å². The molecule has 0 radical (unpaired) electrons. The molecular formula is C12H19N3O2. The van der Waals surface area contributed by atoms with E-state index >= 15 is 0 Å². The maximum absolute atomic E-state index is 11.9. The van der Waals surface area contributed by atoms with E-state index in [2.05, 4.69) is 15.3 Å². The third-order valence-electron chi connectivity index (χ3n) is 2.65. The van der Waals surface area contributed by atoms with Gasteiger partial charge in [0.1, 0.15) is 5.82 Å². The summed E-state index contributed by atoms with van der Waals surface area (Å²) >= 11 is 0. The molecule has 17 heavy (non-hydrogen) atoms. The van der Waals surface area contributed by atoms with Crippen molar-refractivity contribution >= 4 is 5.91 Å². The lowest BCUT2D eigenvalue weighted by Crippen LogP contribution is -2.35. The van der Waals surface area contributed by atoms with Crippen LogP contribution in [0.5, 0.6) is 0 Å². The fraction of sp³-hybridized carbons (Fsp3) is 0.583. The van der Waals surface area contributed by atoms with Crippen LogP contribution in [-0.2, 0) is 0 Å². The average molecular weight is 237 g/mol. The first-order chi connectivity index (χ1) is 8.08. The Morgan fingerprint density at radius 1 is 1.53 bits per heavy atom. The molecule has 5 heteroatoms. The van der Waals surface area contributed by atoms with Crippen molar-refractivity contribution in [2.75, 3.05) is 6.61 Å². The first kappa shape index (κ1) is 13.6. The second-order valence-corrected chi connectivity index (χ2v) is 4.01. The minimum absolute atomic E-state index is 0.00629. The van der Waals surface area contributed by atoms with Gasteiger partial charge in [-0.3, -0.25) is 4.79 Å². The zero-order chi connectivity index (χ0) is 12.8. The molecule has 1 heterocycles. The smallest absolute Gasteiger partial charge is 0.254 e. The molecule has 1 rings (SSSR count). The number of aryl methyl sites for hydroxylation is 2. The molecule has 0 aromatic carbocycles. The van der Waals surface area contributed by atoms with Crippen molar-refractivity contribution in [2.45, 2.75) is 39.7 Å². The number of hydrogen-bond acceptors (Lipinski definition) is 4. The van der Waals surface area contributed by atoms with Gasteiger partial charge in [-0.25, -0.2) is 9.97 Å². The van der Waals surface area contributed by atoms with Crippen LogP contribution >= 0.6 is 0 Å². The van der Waals surface area contributed by atoms with Crippen LogP contribution in [0.25, 0.3) is 0 Å². The summed E-state index contributed by atoms with van der Waals surface area (Å²) in [4.78, 5) is 20.1. The van der Waals surface area contributed by atoms with E-state index in [1.807, 2.05) is 6.92 Å². The average Bonchev–Trinajstić information content (AvgIpc) is 2.28. The highest BCUT2D eigenvalue weighted by Crippen LogP contribution is 2.05. The number of aliphatic hydroxyl groups is 1. The minimum atomic E-state index is -0.178. The van der Waals surface area contributed by atoms with Gasteiger partial charge in [-0.05, 0) is 26.7 Å². The SMILES string of the molecule is CCC(CCO)NC(=O)c1cnc(C)nc1C. The fourth-order valence-electron chi connectivity index (χ4n) is 1.60. The van der Waals surface area contributed by atoms with E-state index in [0.717, 1.165) is 6.42 Å². The summed E-state index contributed by atoms with van der Waals surface area (Å²) in [5.41, 5.74) is 1.17. The van der Waals surface area contributed by atoms with Crippen LogP contribution in [0.1, 0.15) is 41.6 Å². The highest BCUT2D eigenvalue weighted by atomic mass is 16.3. The zero-order valence-electron chi connectivity index (χ0n) is 10.5. The molecule has 0 spiro atoms. The topological polar surface area (TPSA) is 75.1 Å². The van der Waals surface area contributed by atoms with Gasteiger partial charge in [0.15, 0.2) is 0 Å². The molecule has 0 aliphatic rings. The Morgan fingerprint density at radius 3 is 2.76 bits per heavy atom. The predicted octanol–water partition coefficient (Wildman–Crippen LogP) is 0.984. The number of amides is 1. The van der Waals surface area contributed by atoms with Crippen LogP contribution in [0, 0.1) is 13.8 Å². The van der Waals surface area contributed by atoms with Gasteiger partial charge >= 0.3 is 0 Å². The molecule has 1 aromatic rings. The molecule has 2 N–H and O–H groups in total. The number of nitrogens with zero attached hydrogens (tertiary/aromatic N) is 2. The van der Waals surface area contributed by atoms with Crippen LogP contribution in [0.2, 0.25) is 0 Å². The summed E-state index contributed by atoms with van der Waals surface area (Å²) in [5, 5.41) is 11.7. The molecule has 5 nitrogen and oxygen atoms in total. The summed E-state index contributed by atoms with van der Waals surface area (Å²) in [6.07, 6.45) is 2.89. The van der Waals surface area contributed by atoms with Crippen LogP contribution in [-0.4, -0.2) is 33.6 Å². The van der Waals surface area contributed by atoms with Crippen molar-refractivity contribution < 1.29 is 9.90 Å². The Balaban J connectivity index is 2.75. The van der Waals surface area contributed by atoms with Crippen molar-refractivity contribution in [3.8, 4) is 0 Å². The van der Waals surface area contributed by atoms with Crippen molar-refractivity contribution in [1.29, 1.82) is 0 Å². The van der Waals surface area contributed by atoms with Crippen molar-refractivity contribution in [1.82, 2.24) is 15.3 Å². The standard InChI is InChI=1S/C12H19N3O2/c1-4-10(5-6-16)15-12(17)11-7-13-9(3)14-8(11)2/h7,10,16H,4-6H2,1-3H3,(H,15,17). The lowest BCUT2D eigenvalue weighted by atomic mass is 10.1. The quantitative estimate of drug-likeness (QED) is 0.800. The van der Waals surface area contributed by atoms with Gasteiger partial charge in [-0.15, -0.1) is 0 Å². The summed E-state index contributed by atoms with van der Waals surface area (Å²) < 4.78 is 0. The monoisotopic (exact) mass is 237 g/mol. The maximum atomic E-state index is 11.9. The number of carbonyl (C=O) groups is 1.